The molecule has 2 aromatic rings. The highest BCUT2D eigenvalue weighted by Gasteiger charge is 2.10. The zero-order valence-corrected chi connectivity index (χ0v) is 14.3. The lowest BCUT2D eigenvalue weighted by molar-refractivity contribution is 0.104. The number of halogens is 1. The van der Waals surface area contributed by atoms with Crippen LogP contribution in [0.2, 0.25) is 0 Å². The molecule has 0 spiro atoms. The topological polar surface area (TPSA) is 35.5 Å². The highest BCUT2D eigenvalue weighted by Crippen LogP contribution is 2.23. The summed E-state index contributed by atoms with van der Waals surface area (Å²) in [4.78, 5) is 12.4. The van der Waals surface area contributed by atoms with Crippen molar-refractivity contribution in [2.45, 2.75) is 6.92 Å². The molecule has 22 heavy (non-hydrogen) atoms. The van der Waals surface area contributed by atoms with Crippen molar-refractivity contribution >= 4 is 27.8 Å². The van der Waals surface area contributed by atoms with Gasteiger partial charge in [0, 0.05) is 5.56 Å². The maximum atomic E-state index is 12.4. The number of benzene rings is 2. The van der Waals surface area contributed by atoms with Crippen LogP contribution in [0.25, 0.3) is 6.08 Å². The molecule has 0 fully saturated rings. The Hall–Kier alpha value is -2.07. The molecule has 0 unspecified atom stereocenters. The van der Waals surface area contributed by atoms with Crippen molar-refractivity contribution in [3.63, 3.8) is 0 Å². The third-order valence-corrected chi connectivity index (χ3v) is 3.87. The lowest BCUT2D eigenvalue weighted by Crippen LogP contribution is -1.98. The van der Waals surface area contributed by atoms with Gasteiger partial charge in [-0.3, -0.25) is 4.79 Å². The van der Waals surface area contributed by atoms with Gasteiger partial charge in [0.15, 0.2) is 5.78 Å². The lowest BCUT2D eigenvalue weighted by Gasteiger charge is -2.06. The van der Waals surface area contributed by atoms with Gasteiger partial charge in [0.05, 0.1) is 18.7 Å². The molecule has 0 saturated heterocycles. The average Bonchev–Trinajstić information content (AvgIpc) is 2.54. The van der Waals surface area contributed by atoms with E-state index in [9.17, 15) is 4.79 Å². The molecular formula is C18H17BrO3. The van der Waals surface area contributed by atoms with Gasteiger partial charge in [-0.25, -0.2) is 0 Å². The molecule has 0 atom stereocenters. The fourth-order valence-corrected chi connectivity index (χ4v) is 2.58. The van der Waals surface area contributed by atoms with Crippen LogP contribution in [0.5, 0.6) is 11.5 Å². The average molecular weight is 361 g/mol. The highest BCUT2D eigenvalue weighted by molar-refractivity contribution is 9.12. The van der Waals surface area contributed by atoms with Gasteiger partial charge < -0.3 is 9.47 Å². The Labute approximate surface area is 138 Å². The third-order valence-electron chi connectivity index (χ3n) is 3.28. The predicted molar refractivity (Wildman–Crippen MR) is 92.0 cm³/mol. The zero-order valence-electron chi connectivity index (χ0n) is 12.7. The van der Waals surface area contributed by atoms with Crippen LogP contribution in [0.15, 0.2) is 46.9 Å². The van der Waals surface area contributed by atoms with Crippen molar-refractivity contribution in [3.8, 4) is 11.5 Å². The number of hydrogen-bond acceptors (Lipinski definition) is 3. The number of methoxy groups -OCH3 is 2. The number of carbonyl (C=O) groups excluding carboxylic acids is 1. The summed E-state index contributed by atoms with van der Waals surface area (Å²) in [6, 6.07) is 12.8. The van der Waals surface area contributed by atoms with Crippen molar-refractivity contribution in [1.82, 2.24) is 0 Å². The van der Waals surface area contributed by atoms with Crippen LogP contribution >= 0.6 is 15.9 Å². The molecule has 4 heteroatoms. The SMILES string of the molecule is COc1ccc(C(=O)C(Br)=Cc2ccc(OC)c(C)c2)cc1. The maximum Gasteiger partial charge on any atom is 0.199 e. The summed E-state index contributed by atoms with van der Waals surface area (Å²) in [5.74, 6) is 1.48. The first kappa shape index (κ1) is 16.3. The van der Waals surface area contributed by atoms with Gasteiger partial charge in [-0.2, -0.15) is 0 Å². The van der Waals surface area contributed by atoms with E-state index in [0.29, 0.717) is 10.0 Å². The molecule has 0 amide bonds. The second-order valence-electron chi connectivity index (χ2n) is 4.78. The van der Waals surface area contributed by atoms with Gasteiger partial charge in [0.2, 0.25) is 0 Å². The Morgan fingerprint density at radius 2 is 1.73 bits per heavy atom. The fourth-order valence-electron chi connectivity index (χ4n) is 2.08. The summed E-state index contributed by atoms with van der Waals surface area (Å²) in [5, 5.41) is 0. The Balaban J connectivity index is 2.23. The predicted octanol–water partition coefficient (Wildman–Crippen LogP) is 4.63. The molecule has 0 saturated carbocycles. The van der Waals surface area contributed by atoms with Crippen LogP contribution in [0.1, 0.15) is 21.5 Å². The molecular weight excluding hydrogens is 344 g/mol. The largest absolute Gasteiger partial charge is 0.497 e. The lowest BCUT2D eigenvalue weighted by atomic mass is 10.1. The standard InChI is InChI=1S/C18H17BrO3/c1-12-10-13(4-9-17(12)22-3)11-16(19)18(20)14-5-7-15(21-2)8-6-14/h4-11H,1-3H3. The fraction of sp³-hybridized carbons (Fsp3) is 0.167. The van der Waals surface area contributed by atoms with E-state index in [-0.39, 0.29) is 5.78 Å². The number of Topliss-reactive ketones (excluding diaryl/α,β-unsaturated/α-hetero) is 1. The summed E-state index contributed by atoms with van der Waals surface area (Å²) in [7, 11) is 3.24. The van der Waals surface area contributed by atoms with E-state index in [1.165, 1.54) is 0 Å². The molecule has 2 rings (SSSR count). The monoisotopic (exact) mass is 360 g/mol. The number of ether oxygens (including phenoxy) is 2. The van der Waals surface area contributed by atoms with E-state index in [4.69, 9.17) is 9.47 Å². The number of aryl methyl sites for hydroxylation is 1. The summed E-state index contributed by atoms with van der Waals surface area (Å²) in [6.07, 6.45) is 1.80. The summed E-state index contributed by atoms with van der Waals surface area (Å²) < 4.78 is 10.8. The highest BCUT2D eigenvalue weighted by atomic mass is 79.9. The quantitative estimate of drug-likeness (QED) is 0.575. The normalized spacial score (nSPS) is 11.2. The number of ketones is 1. The minimum absolute atomic E-state index is 0.0730. The van der Waals surface area contributed by atoms with Crippen LogP contribution in [0, 0.1) is 6.92 Å². The molecule has 0 N–H and O–H groups in total. The van der Waals surface area contributed by atoms with Gasteiger partial charge in [0.1, 0.15) is 11.5 Å². The summed E-state index contributed by atoms with van der Waals surface area (Å²) in [5.41, 5.74) is 2.56. The van der Waals surface area contributed by atoms with Crippen molar-refractivity contribution in [3.05, 3.63) is 63.6 Å². The molecule has 0 aliphatic rings. The molecule has 0 aliphatic carbocycles. The van der Waals surface area contributed by atoms with Crippen LogP contribution in [0.3, 0.4) is 0 Å². The van der Waals surface area contributed by atoms with Gasteiger partial charge in [-0.05, 0) is 76.5 Å². The van der Waals surface area contributed by atoms with Gasteiger partial charge >= 0.3 is 0 Å². The Bertz CT molecular complexity index is 703. The van der Waals surface area contributed by atoms with Gasteiger partial charge in [-0.1, -0.05) is 6.07 Å². The van der Waals surface area contributed by atoms with E-state index in [0.717, 1.165) is 22.6 Å². The first-order chi connectivity index (χ1) is 10.5. The molecule has 0 heterocycles. The van der Waals surface area contributed by atoms with E-state index in [1.807, 2.05) is 25.1 Å². The second kappa shape index (κ2) is 7.27. The van der Waals surface area contributed by atoms with E-state index >= 15 is 0 Å². The Kier molecular flexibility index (Phi) is 5.39. The number of hydrogen-bond donors (Lipinski definition) is 0. The minimum atomic E-state index is -0.0730. The molecule has 0 aromatic heterocycles. The third kappa shape index (κ3) is 3.77. The van der Waals surface area contributed by atoms with Crippen LogP contribution in [-0.4, -0.2) is 20.0 Å². The second-order valence-corrected chi connectivity index (χ2v) is 5.63. The van der Waals surface area contributed by atoms with Gasteiger partial charge in [0.25, 0.3) is 0 Å². The summed E-state index contributed by atoms with van der Waals surface area (Å²) in [6.45, 7) is 1.97. The molecule has 0 radical (unpaired) electrons. The van der Waals surface area contributed by atoms with E-state index in [2.05, 4.69) is 15.9 Å². The molecule has 2 aromatic carbocycles. The zero-order chi connectivity index (χ0) is 16.1. The van der Waals surface area contributed by atoms with E-state index < -0.39 is 0 Å². The van der Waals surface area contributed by atoms with E-state index in [1.54, 1.807) is 44.6 Å². The Morgan fingerprint density at radius 3 is 2.27 bits per heavy atom. The Morgan fingerprint density at radius 1 is 1.05 bits per heavy atom. The molecule has 0 aliphatic heterocycles. The smallest absolute Gasteiger partial charge is 0.199 e. The van der Waals surface area contributed by atoms with Crippen molar-refractivity contribution < 1.29 is 14.3 Å². The first-order valence-corrected chi connectivity index (χ1v) is 7.55. The van der Waals surface area contributed by atoms with Crippen LogP contribution in [0.4, 0.5) is 0 Å². The van der Waals surface area contributed by atoms with Gasteiger partial charge in [-0.15, -0.1) is 0 Å². The van der Waals surface area contributed by atoms with Crippen molar-refractivity contribution in [2.75, 3.05) is 14.2 Å². The molecule has 114 valence electrons. The molecule has 3 nitrogen and oxygen atoms in total. The van der Waals surface area contributed by atoms with Crippen molar-refractivity contribution in [2.24, 2.45) is 0 Å². The first-order valence-electron chi connectivity index (χ1n) is 6.75. The number of rotatable bonds is 5. The van der Waals surface area contributed by atoms with Crippen LogP contribution < -0.4 is 9.47 Å². The number of allylic oxidation sites excluding steroid dienone is 1. The van der Waals surface area contributed by atoms with Crippen molar-refractivity contribution in [1.29, 1.82) is 0 Å². The van der Waals surface area contributed by atoms with Crippen LogP contribution in [-0.2, 0) is 0 Å². The number of carbonyl (C=O) groups is 1. The minimum Gasteiger partial charge on any atom is -0.497 e. The summed E-state index contributed by atoms with van der Waals surface area (Å²) >= 11 is 3.36. The molecule has 0 bridgehead atoms. The maximum absolute atomic E-state index is 12.4.